The summed E-state index contributed by atoms with van der Waals surface area (Å²) in [5.74, 6) is 1.17. The molecular formula is C19H22N6O2S. The molecule has 146 valence electrons. The highest BCUT2D eigenvalue weighted by Crippen LogP contribution is 2.29. The number of hydrogen-bond acceptors (Lipinski definition) is 8. The Balaban J connectivity index is 1.43. The van der Waals surface area contributed by atoms with Gasteiger partial charge in [-0.3, -0.25) is 4.79 Å². The van der Waals surface area contributed by atoms with Crippen molar-refractivity contribution >= 4 is 23.2 Å². The SMILES string of the molecule is CCc1cc(C(=O)NC2CCN(c3nccc(-c4sc(C)nc4C)n3)C2)no1. The van der Waals surface area contributed by atoms with Gasteiger partial charge in [0.25, 0.3) is 5.91 Å². The van der Waals surface area contributed by atoms with Crippen molar-refractivity contribution in [2.45, 2.75) is 39.7 Å². The molecule has 1 unspecified atom stereocenters. The van der Waals surface area contributed by atoms with Crippen LogP contribution in [-0.4, -0.2) is 45.1 Å². The van der Waals surface area contributed by atoms with Gasteiger partial charge in [0, 0.05) is 37.8 Å². The molecule has 1 aliphatic heterocycles. The first kappa shape index (κ1) is 18.5. The fraction of sp³-hybridized carbons (Fsp3) is 0.421. The third-order valence-electron chi connectivity index (χ3n) is 4.73. The summed E-state index contributed by atoms with van der Waals surface area (Å²) in [4.78, 5) is 29.2. The molecule has 4 rings (SSSR count). The molecular weight excluding hydrogens is 376 g/mol. The minimum absolute atomic E-state index is 0.0221. The van der Waals surface area contributed by atoms with Crippen molar-refractivity contribution in [2.75, 3.05) is 18.0 Å². The molecule has 3 aromatic rings. The predicted molar refractivity (Wildman–Crippen MR) is 107 cm³/mol. The van der Waals surface area contributed by atoms with Gasteiger partial charge < -0.3 is 14.7 Å². The third kappa shape index (κ3) is 3.75. The predicted octanol–water partition coefficient (Wildman–Crippen LogP) is 2.78. The maximum atomic E-state index is 12.4. The fourth-order valence-electron chi connectivity index (χ4n) is 3.30. The number of hydrogen-bond donors (Lipinski definition) is 1. The largest absolute Gasteiger partial charge is 0.361 e. The van der Waals surface area contributed by atoms with Crippen molar-refractivity contribution in [3.05, 3.63) is 40.5 Å². The standard InChI is InChI=1S/C19H22N6O2S/c1-4-14-9-16(24-27-14)18(26)22-13-6-8-25(10-13)19-20-7-5-15(23-19)17-11(2)21-12(3)28-17/h5,7,9,13H,4,6,8,10H2,1-3H3,(H,22,26). The zero-order valence-electron chi connectivity index (χ0n) is 16.1. The number of anilines is 1. The van der Waals surface area contributed by atoms with E-state index >= 15 is 0 Å². The number of rotatable bonds is 5. The zero-order valence-corrected chi connectivity index (χ0v) is 16.9. The Bertz CT molecular complexity index is 998. The smallest absolute Gasteiger partial charge is 0.273 e. The van der Waals surface area contributed by atoms with E-state index in [4.69, 9.17) is 9.51 Å². The highest BCUT2D eigenvalue weighted by atomic mass is 32.1. The molecule has 9 heteroatoms. The van der Waals surface area contributed by atoms with Gasteiger partial charge in [-0.2, -0.15) is 0 Å². The topological polar surface area (TPSA) is 97.0 Å². The van der Waals surface area contributed by atoms with Gasteiger partial charge in [-0.05, 0) is 26.3 Å². The first-order chi connectivity index (χ1) is 13.5. The summed E-state index contributed by atoms with van der Waals surface area (Å²) >= 11 is 1.64. The molecule has 1 amide bonds. The molecule has 8 nitrogen and oxygen atoms in total. The number of nitrogens with one attached hydrogen (secondary N) is 1. The summed E-state index contributed by atoms with van der Waals surface area (Å²) in [5, 5.41) is 7.88. The van der Waals surface area contributed by atoms with Gasteiger partial charge in [0.05, 0.1) is 21.3 Å². The molecule has 0 aliphatic carbocycles. The molecule has 1 fully saturated rings. The number of nitrogens with zero attached hydrogens (tertiary/aromatic N) is 5. The number of thiazole rings is 1. The van der Waals surface area contributed by atoms with Gasteiger partial charge in [-0.15, -0.1) is 11.3 Å². The number of aromatic nitrogens is 4. The third-order valence-corrected chi connectivity index (χ3v) is 5.82. The van der Waals surface area contributed by atoms with Gasteiger partial charge in [-0.25, -0.2) is 15.0 Å². The lowest BCUT2D eigenvalue weighted by molar-refractivity contribution is 0.0931. The Kier molecular flexibility index (Phi) is 5.08. The molecule has 0 saturated carbocycles. The monoisotopic (exact) mass is 398 g/mol. The Labute approximate surface area is 167 Å². The number of aryl methyl sites for hydroxylation is 3. The van der Waals surface area contributed by atoms with Crippen molar-refractivity contribution in [1.82, 2.24) is 25.4 Å². The molecule has 1 atom stereocenters. The average Bonchev–Trinajstić information content (AvgIpc) is 3.41. The van der Waals surface area contributed by atoms with E-state index in [0.717, 1.165) is 34.2 Å². The van der Waals surface area contributed by atoms with Crippen LogP contribution in [-0.2, 0) is 6.42 Å². The number of carbonyl (C=O) groups excluding carboxylic acids is 1. The van der Waals surface area contributed by atoms with Gasteiger partial charge in [-0.1, -0.05) is 12.1 Å². The second-order valence-corrected chi connectivity index (χ2v) is 8.03. The van der Waals surface area contributed by atoms with Crippen LogP contribution in [0.2, 0.25) is 0 Å². The van der Waals surface area contributed by atoms with E-state index in [0.29, 0.717) is 30.4 Å². The maximum Gasteiger partial charge on any atom is 0.273 e. The minimum Gasteiger partial charge on any atom is -0.361 e. The van der Waals surface area contributed by atoms with E-state index < -0.39 is 0 Å². The molecule has 1 saturated heterocycles. The van der Waals surface area contributed by atoms with Crippen LogP contribution in [0.3, 0.4) is 0 Å². The normalized spacial score (nSPS) is 16.5. The highest BCUT2D eigenvalue weighted by Gasteiger charge is 2.27. The summed E-state index contributed by atoms with van der Waals surface area (Å²) in [5.41, 5.74) is 2.19. The summed E-state index contributed by atoms with van der Waals surface area (Å²) in [6, 6.07) is 3.62. The quantitative estimate of drug-likeness (QED) is 0.706. The van der Waals surface area contributed by atoms with Crippen LogP contribution < -0.4 is 10.2 Å². The Morgan fingerprint density at radius 3 is 2.96 bits per heavy atom. The molecule has 0 aromatic carbocycles. The highest BCUT2D eigenvalue weighted by molar-refractivity contribution is 7.15. The van der Waals surface area contributed by atoms with Crippen molar-refractivity contribution in [3.63, 3.8) is 0 Å². The molecule has 4 heterocycles. The first-order valence-electron chi connectivity index (χ1n) is 9.32. The van der Waals surface area contributed by atoms with E-state index in [1.807, 2.05) is 26.8 Å². The van der Waals surface area contributed by atoms with E-state index in [9.17, 15) is 4.79 Å². The molecule has 1 N–H and O–H groups in total. The molecule has 0 bridgehead atoms. The van der Waals surface area contributed by atoms with E-state index in [-0.39, 0.29) is 11.9 Å². The lowest BCUT2D eigenvalue weighted by atomic mass is 10.2. The van der Waals surface area contributed by atoms with E-state index in [1.54, 1.807) is 23.6 Å². The van der Waals surface area contributed by atoms with Crippen LogP contribution in [0.4, 0.5) is 5.95 Å². The molecule has 0 radical (unpaired) electrons. The summed E-state index contributed by atoms with van der Waals surface area (Å²) < 4.78 is 5.11. The van der Waals surface area contributed by atoms with Crippen LogP contribution in [0.1, 0.15) is 40.3 Å². The second-order valence-electron chi connectivity index (χ2n) is 6.83. The lowest BCUT2D eigenvalue weighted by Crippen LogP contribution is -2.37. The lowest BCUT2D eigenvalue weighted by Gasteiger charge is -2.17. The fourth-order valence-corrected chi connectivity index (χ4v) is 4.19. The van der Waals surface area contributed by atoms with Gasteiger partial charge in [0.2, 0.25) is 5.95 Å². The Morgan fingerprint density at radius 1 is 1.39 bits per heavy atom. The summed E-state index contributed by atoms with van der Waals surface area (Å²) in [6.07, 6.45) is 3.32. The van der Waals surface area contributed by atoms with Crippen LogP contribution in [0.5, 0.6) is 0 Å². The maximum absolute atomic E-state index is 12.4. The molecule has 3 aromatic heterocycles. The van der Waals surface area contributed by atoms with Crippen molar-refractivity contribution in [2.24, 2.45) is 0 Å². The van der Waals surface area contributed by atoms with Gasteiger partial charge in [0.1, 0.15) is 5.76 Å². The number of carbonyl (C=O) groups is 1. The molecule has 0 spiro atoms. The number of amides is 1. The van der Waals surface area contributed by atoms with Crippen LogP contribution in [0.25, 0.3) is 10.6 Å². The van der Waals surface area contributed by atoms with Gasteiger partial charge >= 0.3 is 0 Å². The summed E-state index contributed by atoms with van der Waals surface area (Å²) in [6.45, 7) is 7.40. The average molecular weight is 398 g/mol. The van der Waals surface area contributed by atoms with Crippen LogP contribution >= 0.6 is 11.3 Å². The van der Waals surface area contributed by atoms with E-state index in [2.05, 4.69) is 25.3 Å². The van der Waals surface area contributed by atoms with Crippen molar-refractivity contribution < 1.29 is 9.32 Å². The Morgan fingerprint density at radius 2 is 2.25 bits per heavy atom. The van der Waals surface area contributed by atoms with E-state index in [1.165, 1.54) is 0 Å². The van der Waals surface area contributed by atoms with Crippen LogP contribution in [0.15, 0.2) is 22.9 Å². The first-order valence-corrected chi connectivity index (χ1v) is 10.1. The summed E-state index contributed by atoms with van der Waals surface area (Å²) in [7, 11) is 0. The van der Waals surface area contributed by atoms with Gasteiger partial charge in [0.15, 0.2) is 5.69 Å². The molecule has 1 aliphatic rings. The Hall–Kier alpha value is -2.81. The molecule has 28 heavy (non-hydrogen) atoms. The zero-order chi connectivity index (χ0) is 19.7. The van der Waals surface area contributed by atoms with Crippen molar-refractivity contribution in [3.8, 4) is 10.6 Å². The van der Waals surface area contributed by atoms with Crippen molar-refractivity contribution in [1.29, 1.82) is 0 Å². The minimum atomic E-state index is -0.208. The second kappa shape index (κ2) is 7.67. The van der Waals surface area contributed by atoms with Crippen LogP contribution in [0, 0.1) is 13.8 Å².